The molecule has 21 heavy (non-hydrogen) atoms. The number of sulfone groups is 1. The number of benzene rings is 1. The van der Waals surface area contributed by atoms with E-state index in [0.717, 1.165) is 12.1 Å². The lowest BCUT2D eigenvalue weighted by molar-refractivity contribution is -0.118. The van der Waals surface area contributed by atoms with Crippen molar-refractivity contribution in [3.63, 3.8) is 0 Å². The van der Waals surface area contributed by atoms with Crippen molar-refractivity contribution >= 4 is 21.4 Å². The molecule has 0 bridgehead atoms. The number of halogens is 2. The van der Waals surface area contributed by atoms with E-state index in [2.05, 4.69) is 5.32 Å². The van der Waals surface area contributed by atoms with Crippen LogP contribution in [0.5, 0.6) is 0 Å². The summed E-state index contributed by atoms with van der Waals surface area (Å²) in [5.74, 6) is -3.86. The fraction of sp³-hybridized carbons (Fsp3) is 0.417. The van der Waals surface area contributed by atoms with E-state index in [1.165, 1.54) is 19.2 Å². The van der Waals surface area contributed by atoms with Crippen LogP contribution in [0.2, 0.25) is 0 Å². The number of amides is 1. The molecule has 0 heterocycles. The molecule has 1 rings (SSSR count). The Kier molecular flexibility index (Phi) is 6.19. The van der Waals surface area contributed by atoms with Crippen LogP contribution in [0.25, 0.3) is 0 Å². The van der Waals surface area contributed by atoms with E-state index in [1.807, 2.05) is 0 Å². The molecule has 1 atom stereocenters. The lowest BCUT2D eigenvalue weighted by Gasteiger charge is -2.12. The molecule has 0 spiro atoms. The van der Waals surface area contributed by atoms with E-state index >= 15 is 0 Å². The molecule has 0 radical (unpaired) electrons. The Morgan fingerprint density at radius 2 is 1.90 bits per heavy atom. The monoisotopic (exact) mass is 322 g/mol. The summed E-state index contributed by atoms with van der Waals surface area (Å²) in [4.78, 5) is 11.1. The van der Waals surface area contributed by atoms with E-state index in [4.69, 9.17) is 10.5 Å². The van der Waals surface area contributed by atoms with Crippen molar-refractivity contribution in [2.75, 3.05) is 19.0 Å². The Bertz CT molecular complexity index is 571. The summed E-state index contributed by atoms with van der Waals surface area (Å²) < 4.78 is 52.1. The lowest BCUT2D eigenvalue weighted by atomic mass is 10.2. The van der Waals surface area contributed by atoms with Gasteiger partial charge >= 0.3 is 5.76 Å². The fourth-order valence-electron chi connectivity index (χ4n) is 1.51. The van der Waals surface area contributed by atoms with Gasteiger partial charge in [-0.1, -0.05) is 0 Å². The molecule has 1 amide bonds. The summed E-state index contributed by atoms with van der Waals surface area (Å²) in [6, 6.07) is 4.48. The van der Waals surface area contributed by atoms with E-state index in [-0.39, 0.29) is 18.9 Å². The van der Waals surface area contributed by atoms with Gasteiger partial charge in [0.15, 0.2) is 0 Å². The van der Waals surface area contributed by atoms with Crippen molar-refractivity contribution in [2.24, 2.45) is 5.73 Å². The predicted octanol–water partition coefficient (Wildman–Crippen LogP) is 0.985. The highest BCUT2D eigenvalue weighted by molar-refractivity contribution is 7.91. The summed E-state index contributed by atoms with van der Waals surface area (Å²) in [6.07, 6.45) is -0.395. The predicted molar refractivity (Wildman–Crippen MR) is 72.7 cm³/mol. The number of hydrogen-bond donors (Lipinski definition) is 2. The van der Waals surface area contributed by atoms with Gasteiger partial charge in [-0.25, -0.2) is 8.42 Å². The molecule has 0 aliphatic heterocycles. The smallest absolute Gasteiger partial charge is 0.341 e. The van der Waals surface area contributed by atoms with Crippen LogP contribution in [-0.4, -0.2) is 39.8 Å². The quantitative estimate of drug-likeness (QED) is 0.780. The molecule has 0 aliphatic carbocycles. The molecule has 1 aromatic carbocycles. The number of nitrogens with two attached hydrogens (primary N) is 1. The van der Waals surface area contributed by atoms with E-state index in [9.17, 15) is 22.0 Å². The van der Waals surface area contributed by atoms with Crippen molar-refractivity contribution in [2.45, 2.75) is 23.2 Å². The first-order valence-corrected chi connectivity index (χ1v) is 7.50. The number of ether oxygens (including phenoxy) is 1. The minimum Gasteiger partial charge on any atom is -0.380 e. The molecule has 0 fully saturated rings. The Morgan fingerprint density at radius 3 is 2.33 bits per heavy atom. The molecule has 1 unspecified atom stereocenters. The van der Waals surface area contributed by atoms with Crippen LogP contribution in [0.4, 0.5) is 14.5 Å². The number of hydrogen-bond acceptors (Lipinski definition) is 5. The molecule has 118 valence electrons. The van der Waals surface area contributed by atoms with Crippen molar-refractivity contribution in [1.82, 2.24) is 0 Å². The fourth-order valence-corrected chi connectivity index (χ4v) is 2.23. The van der Waals surface area contributed by atoms with Crippen LogP contribution in [0.3, 0.4) is 0 Å². The Morgan fingerprint density at radius 1 is 1.33 bits per heavy atom. The minimum absolute atomic E-state index is 0.0318. The van der Waals surface area contributed by atoms with Gasteiger partial charge in [-0.2, -0.15) is 8.78 Å². The van der Waals surface area contributed by atoms with Gasteiger partial charge in [0, 0.05) is 19.3 Å². The maximum absolute atomic E-state index is 12.3. The van der Waals surface area contributed by atoms with Gasteiger partial charge in [0.1, 0.15) is 0 Å². The van der Waals surface area contributed by atoms with E-state index in [0.29, 0.717) is 5.69 Å². The lowest BCUT2D eigenvalue weighted by Crippen LogP contribution is -2.28. The molecular weight excluding hydrogens is 306 g/mol. The number of anilines is 1. The molecule has 3 N–H and O–H groups in total. The van der Waals surface area contributed by atoms with Crippen LogP contribution in [0.1, 0.15) is 6.42 Å². The topological polar surface area (TPSA) is 98.5 Å². The largest absolute Gasteiger partial charge is 0.380 e. The molecule has 1 aromatic rings. The maximum atomic E-state index is 12.3. The highest BCUT2D eigenvalue weighted by Crippen LogP contribution is 2.20. The van der Waals surface area contributed by atoms with Crippen LogP contribution in [0, 0.1) is 0 Å². The average molecular weight is 322 g/mol. The van der Waals surface area contributed by atoms with Crippen LogP contribution < -0.4 is 11.1 Å². The first-order chi connectivity index (χ1) is 9.81. The van der Waals surface area contributed by atoms with Crippen molar-refractivity contribution in [1.29, 1.82) is 0 Å². The summed E-state index contributed by atoms with van der Waals surface area (Å²) in [5.41, 5.74) is 5.67. The minimum atomic E-state index is -4.63. The van der Waals surface area contributed by atoms with Gasteiger partial charge in [0.2, 0.25) is 15.7 Å². The standard InChI is InChI=1S/C12H16F2N2O4S/c1-20-9(7-15)6-11(17)16-8-2-4-10(5-3-8)21(18,19)12(13)14/h2-5,9,12H,6-7,15H2,1H3,(H,16,17). The average Bonchev–Trinajstić information content (AvgIpc) is 2.45. The molecule has 0 aromatic heterocycles. The Hall–Kier alpha value is -1.58. The number of methoxy groups -OCH3 is 1. The van der Waals surface area contributed by atoms with Gasteiger partial charge in [-0.15, -0.1) is 0 Å². The number of alkyl halides is 2. The molecule has 9 heteroatoms. The summed E-state index contributed by atoms with van der Waals surface area (Å²) in [6.45, 7) is 0.176. The molecule has 0 saturated heterocycles. The number of carbonyl (C=O) groups is 1. The van der Waals surface area contributed by atoms with Gasteiger partial charge in [0.25, 0.3) is 0 Å². The van der Waals surface area contributed by atoms with Gasteiger partial charge < -0.3 is 15.8 Å². The number of carbonyl (C=O) groups excluding carboxylic acids is 1. The summed E-state index contributed by atoms with van der Waals surface area (Å²) in [7, 11) is -3.21. The zero-order valence-electron chi connectivity index (χ0n) is 11.3. The SMILES string of the molecule is COC(CN)CC(=O)Nc1ccc(S(=O)(=O)C(F)F)cc1. The highest BCUT2D eigenvalue weighted by Gasteiger charge is 2.26. The van der Waals surface area contributed by atoms with Crippen molar-refractivity contribution < 1.29 is 26.7 Å². The van der Waals surface area contributed by atoms with Gasteiger partial charge in [0.05, 0.1) is 17.4 Å². The van der Waals surface area contributed by atoms with Gasteiger partial charge in [-0.05, 0) is 24.3 Å². The summed E-state index contributed by atoms with van der Waals surface area (Å²) >= 11 is 0. The normalized spacial score (nSPS) is 13.2. The number of rotatable bonds is 7. The number of nitrogens with one attached hydrogen (secondary N) is 1. The molecular formula is C12H16F2N2O4S. The Labute approximate surface area is 121 Å². The molecule has 0 saturated carbocycles. The third-order valence-corrected chi connectivity index (χ3v) is 4.11. The second-order valence-electron chi connectivity index (χ2n) is 4.18. The van der Waals surface area contributed by atoms with E-state index < -0.39 is 26.6 Å². The van der Waals surface area contributed by atoms with Gasteiger partial charge in [-0.3, -0.25) is 4.79 Å². The molecule has 0 aliphatic rings. The molecule has 6 nitrogen and oxygen atoms in total. The highest BCUT2D eigenvalue weighted by atomic mass is 32.2. The van der Waals surface area contributed by atoms with E-state index in [1.54, 1.807) is 0 Å². The summed E-state index contributed by atoms with van der Waals surface area (Å²) in [5, 5.41) is 2.49. The van der Waals surface area contributed by atoms with Crippen LogP contribution in [-0.2, 0) is 19.4 Å². The van der Waals surface area contributed by atoms with Crippen molar-refractivity contribution in [3.05, 3.63) is 24.3 Å². The second-order valence-corrected chi connectivity index (χ2v) is 6.09. The third kappa shape index (κ3) is 4.73. The third-order valence-electron chi connectivity index (χ3n) is 2.71. The van der Waals surface area contributed by atoms with Crippen LogP contribution in [0.15, 0.2) is 29.2 Å². The second kappa shape index (κ2) is 7.43. The first-order valence-electron chi connectivity index (χ1n) is 5.96. The zero-order valence-corrected chi connectivity index (χ0v) is 12.1. The van der Waals surface area contributed by atoms with Crippen LogP contribution >= 0.6 is 0 Å². The van der Waals surface area contributed by atoms with Crippen molar-refractivity contribution in [3.8, 4) is 0 Å². The Balaban J connectivity index is 2.74. The zero-order chi connectivity index (χ0) is 16.0. The first kappa shape index (κ1) is 17.5. The maximum Gasteiger partial charge on any atom is 0.341 e.